The molecule has 0 saturated heterocycles. The van der Waals surface area contributed by atoms with Crippen LogP contribution in [-0.4, -0.2) is 17.4 Å². The molecule has 5 heteroatoms. The van der Waals surface area contributed by atoms with Crippen LogP contribution in [0.2, 0.25) is 0 Å². The summed E-state index contributed by atoms with van der Waals surface area (Å²) in [7, 11) is 0. The van der Waals surface area contributed by atoms with Crippen LogP contribution in [-0.2, 0) is 4.79 Å². The van der Waals surface area contributed by atoms with Gasteiger partial charge in [-0.15, -0.1) is 11.3 Å². The van der Waals surface area contributed by atoms with E-state index >= 15 is 0 Å². The summed E-state index contributed by atoms with van der Waals surface area (Å²) in [5, 5.41) is 5.65. The second-order valence-corrected chi connectivity index (χ2v) is 6.26. The minimum Gasteiger partial charge on any atom is -0.330 e. The molecule has 18 heavy (non-hydrogen) atoms. The minimum atomic E-state index is -0.113. The first-order valence-corrected chi connectivity index (χ1v) is 7.44. The van der Waals surface area contributed by atoms with Crippen LogP contribution >= 0.6 is 11.3 Å². The number of carbonyl (C=O) groups excluding carboxylic acids is 1. The monoisotopic (exact) mass is 267 g/mol. The lowest BCUT2D eigenvalue weighted by Crippen LogP contribution is -2.30. The molecule has 1 aromatic rings. The Bertz CT molecular complexity index is 412. The molecule has 1 heterocycles. The van der Waals surface area contributed by atoms with Crippen LogP contribution in [0.3, 0.4) is 0 Å². The SMILES string of the molecule is CC(C)CC(CN)C(=O)Nc1nc(C2CC2)cs1. The van der Waals surface area contributed by atoms with Crippen LogP contribution in [0.1, 0.15) is 44.7 Å². The van der Waals surface area contributed by atoms with Crippen molar-refractivity contribution < 1.29 is 4.79 Å². The number of anilines is 1. The predicted molar refractivity (Wildman–Crippen MR) is 74.7 cm³/mol. The summed E-state index contributed by atoms with van der Waals surface area (Å²) >= 11 is 1.51. The van der Waals surface area contributed by atoms with Gasteiger partial charge in [-0.1, -0.05) is 13.8 Å². The zero-order valence-corrected chi connectivity index (χ0v) is 11.8. The maximum Gasteiger partial charge on any atom is 0.230 e. The third kappa shape index (κ3) is 3.53. The molecule has 1 aliphatic rings. The molecule has 1 aromatic heterocycles. The number of carbonyl (C=O) groups is 1. The van der Waals surface area contributed by atoms with Crippen LogP contribution in [0, 0.1) is 11.8 Å². The number of aromatic nitrogens is 1. The van der Waals surface area contributed by atoms with Gasteiger partial charge in [0.2, 0.25) is 5.91 Å². The van der Waals surface area contributed by atoms with Crippen molar-refractivity contribution in [2.24, 2.45) is 17.6 Å². The molecule has 4 nitrogen and oxygen atoms in total. The number of nitrogens with one attached hydrogen (secondary N) is 1. The van der Waals surface area contributed by atoms with Gasteiger partial charge in [0.1, 0.15) is 0 Å². The van der Waals surface area contributed by atoms with E-state index in [1.165, 1.54) is 24.2 Å². The first-order valence-electron chi connectivity index (χ1n) is 6.56. The van der Waals surface area contributed by atoms with Crippen molar-refractivity contribution in [1.82, 2.24) is 4.98 Å². The molecule has 1 saturated carbocycles. The van der Waals surface area contributed by atoms with Gasteiger partial charge in [0.25, 0.3) is 0 Å². The van der Waals surface area contributed by atoms with Crippen molar-refractivity contribution in [1.29, 1.82) is 0 Å². The molecule has 1 fully saturated rings. The van der Waals surface area contributed by atoms with Gasteiger partial charge in [-0.3, -0.25) is 4.79 Å². The number of nitrogens with zero attached hydrogens (tertiary/aromatic N) is 1. The lowest BCUT2D eigenvalue weighted by Gasteiger charge is -2.15. The van der Waals surface area contributed by atoms with Crippen molar-refractivity contribution in [3.63, 3.8) is 0 Å². The number of nitrogens with two attached hydrogens (primary N) is 1. The summed E-state index contributed by atoms with van der Waals surface area (Å²) in [4.78, 5) is 16.5. The predicted octanol–water partition coefficient (Wildman–Crippen LogP) is 2.58. The van der Waals surface area contributed by atoms with Gasteiger partial charge in [-0.2, -0.15) is 0 Å². The van der Waals surface area contributed by atoms with Gasteiger partial charge in [0.15, 0.2) is 5.13 Å². The highest BCUT2D eigenvalue weighted by Crippen LogP contribution is 2.40. The van der Waals surface area contributed by atoms with Crippen LogP contribution < -0.4 is 11.1 Å². The van der Waals surface area contributed by atoms with Crippen molar-refractivity contribution in [3.05, 3.63) is 11.1 Å². The Kier molecular flexibility index (Phi) is 4.35. The highest BCUT2D eigenvalue weighted by Gasteiger charge is 2.26. The van der Waals surface area contributed by atoms with Gasteiger partial charge < -0.3 is 11.1 Å². The number of hydrogen-bond acceptors (Lipinski definition) is 4. The molecule has 2 rings (SSSR count). The van der Waals surface area contributed by atoms with Crippen LogP contribution in [0.5, 0.6) is 0 Å². The second kappa shape index (κ2) is 5.80. The Labute approximate surface area is 112 Å². The molecule has 3 N–H and O–H groups in total. The van der Waals surface area contributed by atoms with Crippen molar-refractivity contribution in [2.45, 2.75) is 39.0 Å². The molecule has 1 aliphatic carbocycles. The van der Waals surface area contributed by atoms with Crippen LogP contribution in [0.15, 0.2) is 5.38 Å². The van der Waals surface area contributed by atoms with Crippen molar-refractivity contribution in [3.8, 4) is 0 Å². The molecule has 1 unspecified atom stereocenters. The van der Waals surface area contributed by atoms with Gasteiger partial charge in [0, 0.05) is 17.8 Å². The van der Waals surface area contributed by atoms with E-state index in [9.17, 15) is 4.79 Å². The molecule has 0 spiro atoms. The first kappa shape index (κ1) is 13.5. The summed E-state index contributed by atoms with van der Waals surface area (Å²) in [5.41, 5.74) is 6.79. The van der Waals surface area contributed by atoms with E-state index in [-0.39, 0.29) is 11.8 Å². The highest BCUT2D eigenvalue weighted by molar-refractivity contribution is 7.13. The van der Waals surface area contributed by atoms with Gasteiger partial charge >= 0.3 is 0 Å². The average molecular weight is 267 g/mol. The van der Waals surface area contributed by atoms with E-state index in [4.69, 9.17) is 5.73 Å². The third-order valence-electron chi connectivity index (χ3n) is 3.16. The Hall–Kier alpha value is -0.940. The number of rotatable bonds is 6. The first-order chi connectivity index (χ1) is 8.60. The summed E-state index contributed by atoms with van der Waals surface area (Å²) in [6.45, 7) is 4.60. The Morgan fingerprint density at radius 3 is 2.89 bits per heavy atom. The lowest BCUT2D eigenvalue weighted by atomic mass is 9.96. The zero-order valence-electron chi connectivity index (χ0n) is 11.0. The fraction of sp³-hybridized carbons (Fsp3) is 0.692. The number of thiazole rings is 1. The molecule has 100 valence electrons. The minimum absolute atomic E-state index is 0.00268. The smallest absolute Gasteiger partial charge is 0.230 e. The largest absolute Gasteiger partial charge is 0.330 e. The topological polar surface area (TPSA) is 68.0 Å². The molecule has 0 aromatic carbocycles. The van der Waals surface area contributed by atoms with E-state index in [1.807, 2.05) is 5.38 Å². The van der Waals surface area contributed by atoms with E-state index in [1.54, 1.807) is 0 Å². The van der Waals surface area contributed by atoms with E-state index in [2.05, 4.69) is 24.1 Å². The lowest BCUT2D eigenvalue weighted by molar-refractivity contribution is -0.120. The molecule has 0 aliphatic heterocycles. The number of hydrogen-bond donors (Lipinski definition) is 2. The van der Waals surface area contributed by atoms with Crippen molar-refractivity contribution in [2.75, 3.05) is 11.9 Å². The summed E-state index contributed by atoms with van der Waals surface area (Å²) < 4.78 is 0. The van der Waals surface area contributed by atoms with Gasteiger partial charge in [-0.05, 0) is 25.2 Å². The van der Waals surface area contributed by atoms with E-state index in [0.29, 0.717) is 23.5 Å². The second-order valence-electron chi connectivity index (χ2n) is 5.40. The Morgan fingerprint density at radius 2 is 2.33 bits per heavy atom. The van der Waals surface area contributed by atoms with E-state index < -0.39 is 0 Å². The molecule has 0 radical (unpaired) electrons. The van der Waals surface area contributed by atoms with Crippen LogP contribution in [0.4, 0.5) is 5.13 Å². The summed E-state index contributed by atoms with van der Waals surface area (Å²) in [6, 6.07) is 0. The Morgan fingerprint density at radius 1 is 1.61 bits per heavy atom. The average Bonchev–Trinajstić information content (AvgIpc) is 3.07. The maximum absolute atomic E-state index is 12.0. The van der Waals surface area contributed by atoms with Gasteiger partial charge in [-0.25, -0.2) is 4.98 Å². The maximum atomic E-state index is 12.0. The van der Waals surface area contributed by atoms with E-state index in [0.717, 1.165) is 12.1 Å². The van der Waals surface area contributed by atoms with Gasteiger partial charge in [0.05, 0.1) is 11.6 Å². The molecule has 0 bridgehead atoms. The molecular formula is C13H21N3OS. The van der Waals surface area contributed by atoms with Crippen molar-refractivity contribution >= 4 is 22.4 Å². The fourth-order valence-electron chi connectivity index (χ4n) is 2.00. The highest BCUT2D eigenvalue weighted by atomic mass is 32.1. The standard InChI is InChI=1S/C13H21N3OS/c1-8(2)5-10(6-14)12(17)16-13-15-11(7-18-13)9-3-4-9/h7-10H,3-6,14H2,1-2H3,(H,15,16,17). The molecular weight excluding hydrogens is 246 g/mol. The number of amides is 1. The fourth-order valence-corrected chi connectivity index (χ4v) is 2.79. The molecule has 1 amide bonds. The normalized spacial score (nSPS) is 16.9. The summed E-state index contributed by atoms with van der Waals surface area (Å²) in [5.74, 6) is 0.997. The molecule has 1 atom stereocenters. The third-order valence-corrected chi connectivity index (χ3v) is 3.93. The quantitative estimate of drug-likeness (QED) is 0.832. The zero-order chi connectivity index (χ0) is 13.1. The van der Waals surface area contributed by atoms with Crippen LogP contribution in [0.25, 0.3) is 0 Å². The summed E-state index contributed by atoms with van der Waals surface area (Å²) in [6.07, 6.45) is 3.29. The Balaban J connectivity index is 1.91.